The van der Waals surface area contributed by atoms with Crippen LogP contribution in [0, 0.1) is 5.92 Å². The van der Waals surface area contributed by atoms with E-state index in [1.165, 1.54) is 5.56 Å². The van der Waals surface area contributed by atoms with E-state index < -0.39 is 0 Å². The Hall–Kier alpha value is -1.26. The lowest BCUT2D eigenvalue weighted by Crippen LogP contribution is -2.45. The molecule has 1 aliphatic rings. The van der Waals surface area contributed by atoms with Crippen molar-refractivity contribution in [2.24, 2.45) is 10.9 Å². The molecule has 1 unspecified atom stereocenters. The molecule has 1 aromatic rings. The molecule has 1 saturated heterocycles. The second-order valence-electron chi connectivity index (χ2n) is 7.88. The van der Waals surface area contributed by atoms with E-state index in [1.807, 2.05) is 13.1 Å². The van der Waals surface area contributed by atoms with Crippen molar-refractivity contribution in [1.29, 1.82) is 0 Å². The van der Waals surface area contributed by atoms with Gasteiger partial charge in [0.1, 0.15) is 11.5 Å². The molecule has 172 valence electrons. The van der Waals surface area contributed by atoms with Gasteiger partial charge in [0.05, 0.1) is 20.8 Å². The first kappa shape index (κ1) is 26.8. The summed E-state index contributed by atoms with van der Waals surface area (Å²) >= 11 is 0. The van der Waals surface area contributed by atoms with Gasteiger partial charge in [0.15, 0.2) is 5.96 Å². The van der Waals surface area contributed by atoms with E-state index in [2.05, 4.69) is 46.5 Å². The molecule has 0 amide bonds. The van der Waals surface area contributed by atoms with Crippen molar-refractivity contribution in [1.82, 2.24) is 15.5 Å². The molecule has 0 radical (unpaired) electrons. The molecule has 1 fully saturated rings. The summed E-state index contributed by atoms with van der Waals surface area (Å²) in [6.45, 7) is 9.60. The molecule has 1 aromatic carbocycles. The summed E-state index contributed by atoms with van der Waals surface area (Å²) in [5, 5.41) is 6.87. The predicted molar refractivity (Wildman–Crippen MR) is 133 cm³/mol. The first-order valence-electron chi connectivity index (χ1n) is 10.5. The Morgan fingerprint density at radius 2 is 1.87 bits per heavy atom. The number of hydrogen-bond acceptors (Lipinski definition) is 5. The Morgan fingerprint density at radius 3 is 2.47 bits per heavy atom. The van der Waals surface area contributed by atoms with Gasteiger partial charge in [-0.2, -0.15) is 0 Å². The lowest BCUT2D eigenvalue weighted by molar-refractivity contribution is 0.128. The third-order valence-electron chi connectivity index (χ3n) is 5.03. The van der Waals surface area contributed by atoms with E-state index >= 15 is 0 Å². The number of methoxy groups -OCH3 is 2. The molecule has 0 saturated carbocycles. The van der Waals surface area contributed by atoms with Crippen LogP contribution in [0.3, 0.4) is 0 Å². The minimum atomic E-state index is 0. The van der Waals surface area contributed by atoms with Gasteiger partial charge in [-0.05, 0) is 36.5 Å². The van der Waals surface area contributed by atoms with Crippen molar-refractivity contribution >= 4 is 29.9 Å². The van der Waals surface area contributed by atoms with Crippen LogP contribution in [0.5, 0.6) is 11.5 Å². The number of likely N-dealkylation sites (tertiary alicyclic amines) is 1. The fourth-order valence-electron chi connectivity index (χ4n) is 3.36. The number of guanidine groups is 1. The maximum Gasteiger partial charge on any atom is 0.191 e. The van der Waals surface area contributed by atoms with E-state index in [4.69, 9.17) is 14.2 Å². The monoisotopic (exact) mass is 534 g/mol. The lowest BCUT2D eigenvalue weighted by Gasteiger charge is -2.19. The highest BCUT2D eigenvalue weighted by atomic mass is 127. The molecule has 30 heavy (non-hydrogen) atoms. The molecule has 1 heterocycles. The van der Waals surface area contributed by atoms with Gasteiger partial charge in [-0.25, -0.2) is 0 Å². The molecule has 1 atom stereocenters. The number of rotatable bonds is 11. The minimum Gasteiger partial charge on any atom is -0.497 e. The Balaban J connectivity index is 0.00000450. The van der Waals surface area contributed by atoms with Crippen LogP contribution in [0.15, 0.2) is 23.2 Å². The van der Waals surface area contributed by atoms with Crippen LogP contribution in [-0.2, 0) is 11.3 Å². The number of halogens is 1. The zero-order chi connectivity index (χ0) is 21.1. The van der Waals surface area contributed by atoms with Crippen molar-refractivity contribution in [3.8, 4) is 11.5 Å². The molecule has 1 aliphatic heterocycles. The van der Waals surface area contributed by atoms with Crippen LogP contribution >= 0.6 is 24.0 Å². The van der Waals surface area contributed by atoms with Gasteiger partial charge >= 0.3 is 0 Å². The largest absolute Gasteiger partial charge is 0.497 e. The van der Waals surface area contributed by atoms with Gasteiger partial charge in [-0.3, -0.25) is 9.89 Å². The topological polar surface area (TPSA) is 67.4 Å². The average molecular weight is 534 g/mol. The van der Waals surface area contributed by atoms with Gasteiger partial charge in [-0.15, -0.1) is 24.0 Å². The molecule has 2 rings (SSSR count). The average Bonchev–Trinajstić information content (AvgIpc) is 3.15. The van der Waals surface area contributed by atoms with Crippen LogP contribution in [0.2, 0.25) is 0 Å². The third-order valence-corrected chi connectivity index (χ3v) is 5.03. The van der Waals surface area contributed by atoms with Crippen LogP contribution in [-0.4, -0.2) is 71.0 Å². The van der Waals surface area contributed by atoms with E-state index in [-0.39, 0.29) is 24.0 Å². The normalized spacial score (nSPS) is 17.0. The Morgan fingerprint density at radius 1 is 1.17 bits per heavy atom. The fourth-order valence-corrected chi connectivity index (χ4v) is 3.36. The van der Waals surface area contributed by atoms with Crippen LogP contribution < -0.4 is 20.1 Å². The molecular formula is C22H39IN4O3. The van der Waals surface area contributed by atoms with E-state index in [0.717, 1.165) is 63.1 Å². The van der Waals surface area contributed by atoms with Crippen molar-refractivity contribution in [2.75, 3.05) is 54.1 Å². The molecule has 0 bridgehead atoms. The minimum absolute atomic E-state index is 0. The maximum absolute atomic E-state index is 5.66. The number of nitrogens with one attached hydrogen (secondary N) is 2. The van der Waals surface area contributed by atoms with Crippen molar-refractivity contribution < 1.29 is 14.2 Å². The quantitative estimate of drug-likeness (QED) is 0.197. The number of nitrogens with zero attached hydrogens (tertiary/aromatic N) is 2. The summed E-state index contributed by atoms with van der Waals surface area (Å²) in [6, 6.07) is 6.43. The molecule has 0 aromatic heterocycles. The molecule has 7 nitrogen and oxygen atoms in total. The highest BCUT2D eigenvalue weighted by Crippen LogP contribution is 2.24. The fraction of sp³-hybridized carbons (Fsp3) is 0.682. The van der Waals surface area contributed by atoms with Crippen molar-refractivity contribution in [2.45, 2.75) is 39.3 Å². The third kappa shape index (κ3) is 9.70. The van der Waals surface area contributed by atoms with E-state index in [9.17, 15) is 0 Å². The lowest BCUT2D eigenvalue weighted by atomic mass is 10.1. The number of ether oxygens (including phenoxy) is 3. The second kappa shape index (κ2) is 14.7. The van der Waals surface area contributed by atoms with E-state index in [1.54, 1.807) is 14.2 Å². The summed E-state index contributed by atoms with van der Waals surface area (Å²) in [5.41, 5.74) is 1.20. The SMILES string of the molecule is CN=C(NCCOCCC(C)C)NC1CCN(Cc2cc(OC)cc(OC)c2)C1.I. The van der Waals surface area contributed by atoms with Crippen LogP contribution in [0.1, 0.15) is 32.3 Å². The van der Waals surface area contributed by atoms with Gasteiger partial charge < -0.3 is 24.8 Å². The first-order valence-corrected chi connectivity index (χ1v) is 10.5. The Bertz CT molecular complexity index is 621. The molecule has 8 heteroatoms. The maximum atomic E-state index is 5.66. The smallest absolute Gasteiger partial charge is 0.191 e. The summed E-state index contributed by atoms with van der Waals surface area (Å²) in [4.78, 5) is 6.78. The molecule has 2 N–H and O–H groups in total. The molecule has 0 spiro atoms. The van der Waals surface area contributed by atoms with Crippen molar-refractivity contribution in [3.63, 3.8) is 0 Å². The van der Waals surface area contributed by atoms with Gasteiger partial charge in [-0.1, -0.05) is 13.8 Å². The molecular weight excluding hydrogens is 495 g/mol. The van der Waals surface area contributed by atoms with Crippen LogP contribution in [0.25, 0.3) is 0 Å². The van der Waals surface area contributed by atoms with Gasteiger partial charge in [0.2, 0.25) is 0 Å². The molecule has 0 aliphatic carbocycles. The standard InChI is InChI=1S/C22H38N4O3.HI/c1-17(2)7-10-29-11-8-24-22(23-3)25-19-6-9-26(16-19)15-18-12-20(27-4)14-21(13-18)28-5;/h12-14,17,19H,6-11,15-16H2,1-5H3,(H2,23,24,25);1H. The predicted octanol–water partition coefficient (Wildman–Crippen LogP) is 3.12. The van der Waals surface area contributed by atoms with Gasteiger partial charge in [0, 0.05) is 51.9 Å². The van der Waals surface area contributed by atoms with E-state index in [0.29, 0.717) is 18.6 Å². The summed E-state index contributed by atoms with van der Waals surface area (Å²) < 4.78 is 16.4. The number of benzene rings is 1. The summed E-state index contributed by atoms with van der Waals surface area (Å²) in [7, 11) is 5.18. The highest BCUT2D eigenvalue weighted by Gasteiger charge is 2.23. The number of aliphatic imine (C=N–C) groups is 1. The Kier molecular flexibility index (Phi) is 13.1. The number of hydrogen-bond donors (Lipinski definition) is 2. The Labute approximate surface area is 199 Å². The van der Waals surface area contributed by atoms with Crippen LogP contribution in [0.4, 0.5) is 0 Å². The second-order valence-corrected chi connectivity index (χ2v) is 7.88. The highest BCUT2D eigenvalue weighted by molar-refractivity contribution is 14.0. The zero-order valence-corrected chi connectivity index (χ0v) is 21.4. The first-order chi connectivity index (χ1) is 14.0. The summed E-state index contributed by atoms with van der Waals surface area (Å²) in [5.74, 6) is 3.18. The van der Waals surface area contributed by atoms with Gasteiger partial charge in [0.25, 0.3) is 0 Å². The summed E-state index contributed by atoms with van der Waals surface area (Å²) in [6.07, 6.45) is 2.19. The zero-order valence-electron chi connectivity index (χ0n) is 19.1. The van der Waals surface area contributed by atoms with Crippen molar-refractivity contribution in [3.05, 3.63) is 23.8 Å².